The van der Waals surface area contributed by atoms with Crippen molar-refractivity contribution in [3.8, 4) is 0 Å². The minimum absolute atomic E-state index is 0.423. The van der Waals surface area contributed by atoms with Gasteiger partial charge in [-0.3, -0.25) is 0 Å². The van der Waals surface area contributed by atoms with E-state index < -0.39 is 0 Å². The van der Waals surface area contributed by atoms with Gasteiger partial charge in [0.05, 0.1) is 12.7 Å². The van der Waals surface area contributed by atoms with Gasteiger partial charge in [-0.2, -0.15) is 0 Å². The highest BCUT2D eigenvalue weighted by Crippen LogP contribution is 2.44. The number of hydrogen-bond donors (Lipinski definition) is 0. The molecule has 3 unspecified atom stereocenters. The number of hydrogen-bond acceptors (Lipinski definition) is 1. The third-order valence-electron chi connectivity index (χ3n) is 8.40. The second kappa shape index (κ2) is 11.2. The molecule has 0 aliphatic heterocycles. The van der Waals surface area contributed by atoms with Crippen LogP contribution in [0.15, 0.2) is 12.2 Å². The van der Waals surface area contributed by atoms with Crippen molar-refractivity contribution in [1.82, 2.24) is 0 Å². The van der Waals surface area contributed by atoms with Gasteiger partial charge in [0.2, 0.25) is 0 Å². The van der Waals surface area contributed by atoms with Crippen LogP contribution >= 0.6 is 0 Å². The Kier molecular flexibility index (Phi) is 8.95. The van der Waals surface area contributed by atoms with Crippen molar-refractivity contribution < 1.29 is 4.74 Å². The van der Waals surface area contributed by atoms with Gasteiger partial charge in [0.15, 0.2) is 0 Å². The quantitative estimate of drug-likeness (QED) is 0.382. The fraction of sp³-hybridized carbons (Fsp3) is 0.926. The average molecular weight is 389 g/mol. The topological polar surface area (TPSA) is 9.23 Å². The van der Waals surface area contributed by atoms with Crippen molar-refractivity contribution in [2.24, 2.45) is 41.4 Å². The summed E-state index contributed by atoms with van der Waals surface area (Å²) in [7, 11) is 0. The van der Waals surface area contributed by atoms with Gasteiger partial charge in [-0.05, 0) is 107 Å². The van der Waals surface area contributed by atoms with Crippen molar-refractivity contribution in [3.63, 3.8) is 0 Å². The van der Waals surface area contributed by atoms with E-state index in [4.69, 9.17) is 4.74 Å². The molecule has 2 fully saturated rings. The van der Waals surface area contributed by atoms with Gasteiger partial charge in [-0.15, -0.1) is 0 Å². The van der Waals surface area contributed by atoms with E-state index in [1.54, 1.807) is 0 Å². The molecular formula is C27H48O. The first-order valence-electron chi connectivity index (χ1n) is 12.8. The molecule has 0 aromatic rings. The molecule has 3 rings (SSSR count). The molecule has 3 aliphatic carbocycles. The fourth-order valence-electron chi connectivity index (χ4n) is 6.17. The summed E-state index contributed by atoms with van der Waals surface area (Å²) in [6, 6.07) is 0. The summed E-state index contributed by atoms with van der Waals surface area (Å²) in [4.78, 5) is 0. The Labute approximate surface area is 176 Å². The number of rotatable bonds is 8. The molecule has 0 aromatic heterocycles. The summed E-state index contributed by atoms with van der Waals surface area (Å²) in [5, 5.41) is 0. The average Bonchev–Trinajstić information content (AvgIpc) is 2.72. The SMILES string of the molecule is CC(C)CCC(C)OCC1C=CC(C2CCC(C3CCC(C)CC3)CC2)CC1. The van der Waals surface area contributed by atoms with E-state index in [0.717, 1.165) is 42.1 Å². The monoisotopic (exact) mass is 388 g/mol. The van der Waals surface area contributed by atoms with E-state index in [1.165, 1.54) is 77.0 Å². The van der Waals surface area contributed by atoms with Gasteiger partial charge >= 0.3 is 0 Å². The summed E-state index contributed by atoms with van der Waals surface area (Å²) < 4.78 is 6.15. The second-order valence-corrected chi connectivity index (χ2v) is 11.2. The minimum Gasteiger partial charge on any atom is -0.378 e. The minimum atomic E-state index is 0.423. The van der Waals surface area contributed by atoms with Crippen LogP contribution in [0.25, 0.3) is 0 Å². The third kappa shape index (κ3) is 6.89. The zero-order valence-electron chi connectivity index (χ0n) is 19.4. The van der Waals surface area contributed by atoms with Crippen LogP contribution in [0.4, 0.5) is 0 Å². The Hall–Kier alpha value is -0.300. The van der Waals surface area contributed by atoms with Gasteiger partial charge in [-0.1, -0.05) is 45.8 Å². The molecular weight excluding hydrogens is 340 g/mol. The Balaban J connectivity index is 1.34. The smallest absolute Gasteiger partial charge is 0.0547 e. The van der Waals surface area contributed by atoms with Crippen LogP contribution in [-0.2, 0) is 4.74 Å². The zero-order valence-corrected chi connectivity index (χ0v) is 19.4. The Morgan fingerprint density at radius 1 is 0.714 bits per heavy atom. The predicted octanol–water partition coefficient (Wildman–Crippen LogP) is 8.04. The van der Waals surface area contributed by atoms with E-state index in [0.29, 0.717) is 12.0 Å². The van der Waals surface area contributed by atoms with Crippen LogP contribution in [0.2, 0.25) is 0 Å². The highest BCUT2D eigenvalue weighted by Gasteiger charge is 2.33. The largest absolute Gasteiger partial charge is 0.378 e. The second-order valence-electron chi connectivity index (χ2n) is 11.2. The Bertz CT molecular complexity index is 451. The molecule has 1 heteroatoms. The maximum Gasteiger partial charge on any atom is 0.0547 e. The van der Waals surface area contributed by atoms with E-state index in [1.807, 2.05) is 0 Å². The van der Waals surface area contributed by atoms with Gasteiger partial charge < -0.3 is 4.74 Å². The summed E-state index contributed by atoms with van der Waals surface area (Å²) >= 11 is 0. The van der Waals surface area contributed by atoms with E-state index in [9.17, 15) is 0 Å². The standard InChI is InChI=1S/C27H48O/c1-20(2)5-8-22(4)28-19-23-9-13-25(14-10-23)27-17-15-26(16-18-27)24-11-6-21(3)7-12-24/h9,13,20-27H,5-8,10-12,14-19H2,1-4H3. The van der Waals surface area contributed by atoms with Crippen LogP contribution in [0.5, 0.6) is 0 Å². The molecule has 3 atom stereocenters. The summed E-state index contributed by atoms with van der Waals surface area (Å²) in [5.74, 6) is 6.42. The fourth-order valence-corrected chi connectivity index (χ4v) is 6.17. The molecule has 0 heterocycles. The van der Waals surface area contributed by atoms with Gasteiger partial charge in [0.25, 0.3) is 0 Å². The number of allylic oxidation sites excluding steroid dienone is 1. The lowest BCUT2D eigenvalue weighted by Crippen LogP contribution is -2.28. The Morgan fingerprint density at radius 2 is 1.32 bits per heavy atom. The maximum absolute atomic E-state index is 6.15. The molecule has 2 saturated carbocycles. The van der Waals surface area contributed by atoms with Crippen LogP contribution in [0, 0.1) is 41.4 Å². The molecule has 162 valence electrons. The van der Waals surface area contributed by atoms with Gasteiger partial charge in [0.1, 0.15) is 0 Å². The van der Waals surface area contributed by atoms with Crippen molar-refractivity contribution in [1.29, 1.82) is 0 Å². The van der Waals surface area contributed by atoms with Crippen LogP contribution < -0.4 is 0 Å². The molecule has 0 amide bonds. The first kappa shape index (κ1) is 22.4. The molecule has 0 radical (unpaired) electrons. The van der Waals surface area contributed by atoms with Gasteiger partial charge in [0, 0.05) is 5.92 Å². The van der Waals surface area contributed by atoms with E-state index >= 15 is 0 Å². The van der Waals surface area contributed by atoms with Gasteiger partial charge in [-0.25, -0.2) is 0 Å². The lowest BCUT2D eigenvalue weighted by molar-refractivity contribution is 0.0363. The molecule has 0 spiro atoms. The van der Waals surface area contributed by atoms with Crippen molar-refractivity contribution in [3.05, 3.63) is 12.2 Å². The number of ether oxygens (including phenoxy) is 1. The van der Waals surface area contributed by atoms with Crippen molar-refractivity contribution >= 4 is 0 Å². The molecule has 0 saturated heterocycles. The Morgan fingerprint density at radius 3 is 1.89 bits per heavy atom. The molecule has 3 aliphatic rings. The molecule has 0 N–H and O–H groups in total. The van der Waals surface area contributed by atoms with E-state index in [-0.39, 0.29) is 0 Å². The molecule has 28 heavy (non-hydrogen) atoms. The van der Waals surface area contributed by atoms with Crippen molar-refractivity contribution in [2.75, 3.05) is 6.61 Å². The van der Waals surface area contributed by atoms with Crippen LogP contribution in [-0.4, -0.2) is 12.7 Å². The summed E-state index contributed by atoms with van der Waals surface area (Å²) in [6.45, 7) is 10.3. The molecule has 0 bridgehead atoms. The lowest BCUT2D eigenvalue weighted by atomic mass is 9.66. The highest BCUT2D eigenvalue weighted by atomic mass is 16.5. The summed E-state index contributed by atoms with van der Waals surface area (Å²) in [5.41, 5.74) is 0. The van der Waals surface area contributed by atoms with Crippen LogP contribution in [0.1, 0.15) is 105 Å². The van der Waals surface area contributed by atoms with E-state index in [2.05, 4.69) is 39.8 Å². The third-order valence-corrected chi connectivity index (χ3v) is 8.40. The van der Waals surface area contributed by atoms with Crippen LogP contribution in [0.3, 0.4) is 0 Å². The first-order chi connectivity index (χ1) is 13.5. The molecule has 1 nitrogen and oxygen atoms in total. The maximum atomic E-state index is 6.15. The lowest BCUT2D eigenvalue weighted by Gasteiger charge is -2.39. The summed E-state index contributed by atoms with van der Waals surface area (Å²) in [6.07, 6.45) is 22.8. The molecule has 0 aromatic carbocycles. The normalized spacial score (nSPS) is 37.9. The predicted molar refractivity (Wildman–Crippen MR) is 121 cm³/mol. The van der Waals surface area contributed by atoms with Crippen molar-refractivity contribution in [2.45, 2.75) is 111 Å². The highest BCUT2D eigenvalue weighted by molar-refractivity contribution is 5.01. The first-order valence-corrected chi connectivity index (χ1v) is 12.8. The zero-order chi connectivity index (χ0) is 19.9.